The zero-order valence-corrected chi connectivity index (χ0v) is 15.7. The van der Waals surface area contributed by atoms with Crippen LogP contribution in [0.1, 0.15) is 16.8 Å². The van der Waals surface area contributed by atoms with Gasteiger partial charge in [0.05, 0.1) is 5.69 Å². The molecule has 1 aromatic heterocycles. The van der Waals surface area contributed by atoms with E-state index in [1.165, 1.54) is 28.2 Å². The molecule has 3 aromatic carbocycles. The van der Waals surface area contributed by atoms with Gasteiger partial charge >= 0.3 is 0 Å². The molecule has 1 heterocycles. The third-order valence-corrected chi connectivity index (χ3v) is 4.75. The van der Waals surface area contributed by atoms with Crippen LogP contribution >= 0.6 is 0 Å². The Bertz CT molecular complexity index is 1030. The van der Waals surface area contributed by atoms with Gasteiger partial charge in [-0.15, -0.1) is 0 Å². The Morgan fingerprint density at radius 2 is 1.44 bits per heavy atom. The molecule has 0 aliphatic carbocycles. The number of hydrogen-bond donors (Lipinski definition) is 0. The number of aromatic nitrogens is 1. The number of benzene rings is 3. The minimum absolute atomic E-state index is 0.571. The first-order chi connectivity index (χ1) is 13.2. The van der Waals surface area contributed by atoms with Gasteiger partial charge in [-0.1, -0.05) is 60.7 Å². The second-order valence-electron chi connectivity index (χ2n) is 6.79. The number of rotatable bonds is 5. The molecule has 0 amide bonds. The van der Waals surface area contributed by atoms with Crippen LogP contribution in [0.15, 0.2) is 91.0 Å². The van der Waals surface area contributed by atoms with Gasteiger partial charge in [0.15, 0.2) is 0 Å². The smallest absolute Gasteiger partial charge is 0.120 e. The number of hydrogen-bond acceptors (Lipinski definition) is 1. The summed E-state index contributed by atoms with van der Waals surface area (Å²) in [5, 5.41) is 0. The van der Waals surface area contributed by atoms with Crippen molar-refractivity contribution in [1.82, 2.24) is 4.57 Å². The lowest BCUT2D eigenvalue weighted by atomic mass is 10.1. The monoisotopic (exact) mass is 353 g/mol. The molecule has 0 saturated carbocycles. The van der Waals surface area contributed by atoms with Crippen LogP contribution in [0.3, 0.4) is 0 Å². The Kier molecular flexibility index (Phi) is 4.80. The highest BCUT2D eigenvalue weighted by molar-refractivity contribution is 5.69. The number of para-hydroxylation sites is 1. The van der Waals surface area contributed by atoms with Crippen LogP contribution in [-0.4, -0.2) is 4.57 Å². The molecule has 0 fully saturated rings. The zero-order valence-electron chi connectivity index (χ0n) is 15.7. The van der Waals surface area contributed by atoms with Crippen molar-refractivity contribution in [1.29, 1.82) is 0 Å². The molecule has 134 valence electrons. The molecule has 0 bridgehead atoms. The SMILES string of the molecule is Cc1cc(C)n(-c2ccccc2)c1-c1cccc(OCc2ccccc2)c1. The van der Waals surface area contributed by atoms with E-state index in [-0.39, 0.29) is 0 Å². The summed E-state index contributed by atoms with van der Waals surface area (Å²) in [4.78, 5) is 0. The van der Waals surface area contributed by atoms with Gasteiger partial charge in [-0.2, -0.15) is 0 Å². The Morgan fingerprint density at radius 1 is 0.741 bits per heavy atom. The molecule has 0 aliphatic rings. The van der Waals surface area contributed by atoms with Crippen molar-refractivity contribution in [2.75, 3.05) is 0 Å². The van der Waals surface area contributed by atoms with Crippen LogP contribution in [0.4, 0.5) is 0 Å². The fourth-order valence-corrected chi connectivity index (χ4v) is 3.54. The van der Waals surface area contributed by atoms with Crippen molar-refractivity contribution >= 4 is 0 Å². The van der Waals surface area contributed by atoms with Gasteiger partial charge < -0.3 is 9.30 Å². The van der Waals surface area contributed by atoms with Gasteiger partial charge in [-0.05, 0) is 55.3 Å². The Morgan fingerprint density at radius 3 is 2.19 bits per heavy atom. The summed E-state index contributed by atoms with van der Waals surface area (Å²) >= 11 is 0. The molecule has 27 heavy (non-hydrogen) atoms. The number of aryl methyl sites for hydroxylation is 2. The molecule has 2 nitrogen and oxygen atoms in total. The van der Waals surface area contributed by atoms with E-state index in [0.717, 1.165) is 11.3 Å². The maximum absolute atomic E-state index is 6.04. The Labute approximate surface area is 160 Å². The first-order valence-electron chi connectivity index (χ1n) is 9.24. The minimum Gasteiger partial charge on any atom is -0.489 e. The molecule has 0 unspecified atom stereocenters. The van der Waals surface area contributed by atoms with Crippen LogP contribution in [0.5, 0.6) is 5.75 Å². The van der Waals surface area contributed by atoms with Gasteiger partial charge in [0.1, 0.15) is 12.4 Å². The van der Waals surface area contributed by atoms with Gasteiger partial charge in [-0.25, -0.2) is 0 Å². The molecule has 0 spiro atoms. The lowest BCUT2D eigenvalue weighted by molar-refractivity contribution is 0.306. The third-order valence-electron chi connectivity index (χ3n) is 4.75. The van der Waals surface area contributed by atoms with E-state index in [2.05, 4.69) is 79.1 Å². The molecule has 2 heteroatoms. The highest BCUT2D eigenvalue weighted by Gasteiger charge is 2.14. The second kappa shape index (κ2) is 7.55. The zero-order chi connectivity index (χ0) is 18.6. The lowest BCUT2D eigenvalue weighted by Gasteiger charge is -2.14. The fraction of sp³-hybridized carbons (Fsp3) is 0.120. The van der Waals surface area contributed by atoms with E-state index < -0.39 is 0 Å². The normalized spacial score (nSPS) is 10.7. The van der Waals surface area contributed by atoms with E-state index in [9.17, 15) is 0 Å². The fourth-order valence-electron chi connectivity index (χ4n) is 3.54. The predicted octanol–water partition coefficient (Wildman–Crippen LogP) is 6.34. The summed E-state index contributed by atoms with van der Waals surface area (Å²) < 4.78 is 8.35. The second-order valence-corrected chi connectivity index (χ2v) is 6.79. The van der Waals surface area contributed by atoms with Crippen LogP contribution < -0.4 is 4.74 Å². The predicted molar refractivity (Wildman–Crippen MR) is 111 cm³/mol. The Hall–Kier alpha value is -3.26. The summed E-state index contributed by atoms with van der Waals surface area (Å²) in [7, 11) is 0. The molecule has 4 aromatic rings. The minimum atomic E-state index is 0.571. The van der Waals surface area contributed by atoms with Gasteiger partial charge in [0.25, 0.3) is 0 Å². The van der Waals surface area contributed by atoms with Crippen LogP contribution in [0, 0.1) is 13.8 Å². The maximum Gasteiger partial charge on any atom is 0.120 e. The van der Waals surface area contributed by atoms with Crippen molar-refractivity contribution in [2.24, 2.45) is 0 Å². The maximum atomic E-state index is 6.04. The quantitative estimate of drug-likeness (QED) is 0.408. The summed E-state index contributed by atoms with van der Waals surface area (Å²) in [5.41, 5.74) is 7.20. The van der Waals surface area contributed by atoms with Crippen LogP contribution in [-0.2, 0) is 6.61 Å². The van der Waals surface area contributed by atoms with E-state index in [0.29, 0.717) is 6.61 Å². The first-order valence-corrected chi connectivity index (χ1v) is 9.24. The van der Waals surface area contributed by atoms with Crippen molar-refractivity contribution in [3.05, 3.63) is 108 Å². The number of nitrogens with zero attached hydrogens (tertiary/aromatic N) is 1. The Balaban J connectivity index is 1.68. The summed E-state index contributed by atoms with van der Waals surface area (Å²) in [6, 6.07) is 31.3. The summed E-state index contributed by atoms with van der Waals surface area (Å²) in [6.45, 7) is 4.89. The van der Waals surface area contributed by atoms with E-state index in [4.69, 9.17) is 4.74 Å². The average Bonchev–Trinajstić information content (AvgIpc) is 3.02. The largest absolute Gasteiger partial charge is 0.489 e. The molecule has 0 aliphatic heterocycles. The van der Waals surface area contributed by atoms with E-state index >= 15 is 0 Å². The third kappa shape index (κ3) is 3.65. The lowest BCUT2D eigenvalue weighted by Crippen LogP contribution is -2.00. The molecular formula is C25H23NO. The van der Waals surface area contributed by atoms with Crippen LogP contribution in [0.2, 0.25) is 0 Å². The molecule has 0 N–H and O–H groups in total. The van der Waals surface area contributed by atoms with Crippen molar-refractivity contribution in [3.63, 3.8) is 0 Å². The van der Waals surface area contributed by atoms with Crippen molar-refractivity contribution in [2.45, 2.75) is 20.5 Å². The summed E-state index contributed by atoms with van der Waals surface area (Å²) in [6.07, 6.45) is 0. The first kappa shape index (κ1) is 17.2. The average molecular weight is 353 g/mol. The molecule has 4 rings (SSSR count). The molecular weight excluding hydrogens is 330 g/mol. The highest BCUT2D eigenvalue weighted by atomic mass is 16.5. The molecule has 0 saturated heterocycles. The van der Waals surface area contributed by atoms with Crippen molar-refractivity contribution in [3.8, 4) is 22.7 Å². The molecule has 0 radical (unpaired) electrons. The van der Waals surface area contributed by atoms with Gasteiger partial charge in [0, 0.05) is 16.9 Å². The van der Waals surface area contributed by atoms with Crippen molar-refractivity contribution < 1.29 is 4.74 Å². The van der Waals surface area contributed by atoms with Crippen LogP contribution in [0.25, 0.3) is 16.9 Å². The number of ether oxygens (including phenoxy) is 1. The van der Waals surface area contributed by atoms with Gasteiger partial charge in [-0.3, -0.25) is 0 Å². The van der Waals surface area contributed by atoms with E-state index in [1.807, 2.05) is 30.3 Å². The standard InChI is InChI=1S/C25H23NO/c1-19-16-20(2)26(23-13-7-4-8-14-23)25(19)22-12-9-15-24(17-22)27-18-21-10-5-3-6-11-21/h3-17H,18H2,1-2H3. The van der Waals surface area contributed by atoms with E-state index in [1.54, 1.807) is 0 Å². The highest BCUT2D eigenvalue weighted by Crippen LogP contribution is 2.32. The van der Waals surface area contributed by atoms with Gasteiger partial charge in [0.2, 0.25) is 0 Å². The summed E-state index contributed by atoms with van der Waals surface area (Å²) in [5.74, 6) is 0.884. The topological polar surface area (TPSA) is 14.2 Å². The molecule has 0 atom stereocenters.